The van der Waals surface area contributed by atoms with Crippen LogP contribution in [0.1, 0.15) is 6.42 Å². The normalized spacial score (nSPS) is 11.7. The second-order valence-corrected chi connectivity index (χ2v) is 3.53. The molecule has 0 aliphatic carbocycles. The molecular weight excluding hydrogens is 246 g/mol. The van der Waals surface area contributed by atoms with E-state index in [4.69, 9.17) is 5.11 Å². The fourth-order valence-corrected chi connectivity index (χ4v) is 1.25. The molecule has 1 rings (SSSR count). The first-order valence-electron chi connectivity index (χ1n) is 4.47. The Bertz CT molecular complexity index is 324. The van der Waals surface area contributed by atoms with Gasteiger partial charge in [-0.3, -0.25) is 0 Å². The van der Waals surface area contributed by atoms with E-state index in [9.17, 15) is 0 Å². The molecule has 0 bridgehead atoms. The van der Waals surface area contributed by atoms with Crippen LogP contribution in [0.2, 0.25) is 0 Å². The molecule has 0 aliphatic rings. The van der Waals surface area contributed by atoms with Gasteiger partial charge in [0, 0.05) is 18.1 Å². The number of aliphatic hydroxyl groups excluding tert-OH is 1. The third-order valence-corrected chi connectivity index (χ3v) is 2.25. The van der Waals surface area contributed by atoms with E-state index in [1.165, 1.54) is 0 Å². The lowest BCUT2D eigenvalue weighted by Gasteiger charge is -2.02. The second-order valence-electron chi connectivity index (χ2n) is 2.73. The van der Waals surface area contributed by atoms with Crippen molar-refractivity contribution >= 4 is 15.9 Å². The minimum Gasteiger partial charge on any atom is -0.376 e. The number of rotatable bonds is 5. The van der Waals surface area contributed by atoms with Gasteiger partial charge in [0.1, 0.15) is 6.73 Å². The van der Waals surface area contributed by atoms with Crippen molar-refractivity contribution in [3.8, 4) is 0 Å². The largest absolute Gasteiger partial charge is 0.376 e. The van der Waals surface area contributed by atoms with Crippen LogP contribution in [0.4, 0.5) is 0 Å². The quantitative estimate of drug-likeness (QED) is 0.463. The van der Waals surface area contributed by atoms with Gasteiger partial charge in [0.15, 0.2) is 5.49 Å². The van der Waals surface area contributed by atoms with Gasteiger partial charge in [-0.15, -0.1) is 0 Å². The van der Waals surface area contributed by atoms with Crippen LogP contribution in [-0.2, 0) is 6.73 Å². The first kappa shape index (κ1) is 11.3. The molecule has 14 heavy (non-hydrogen) atoms. The highest BCUT2D eigenvalue weighted by molar-refractivity contribution is 9.09. The van der Waals surface area contributed by atoms with Gasteiger partial charge in [0.05, 0.1) is 0 Å². The number of aliphatic hydroxyl groups is 1. The third kappa shape index (κ3) is 3.51. The summed E-state index contributed by atoms with van der Waals surface area (Å²) in [6.07, 6.45) is 2.81. The molecule has 5 heteroatoms. The lowest BCUT2D eigenvalue weighted by atomic mass is 10.5. The molecule has 78 valence electrons. The first-order chi connectivity index (χ1) is 6.88. The van der Waals surface area contributed by atoms with E-state index in [0.717, 1.165) is 23.8 Å². The summed E-state index contributed by atoms with van der Waals surface area (Å²) < 4.78 is 1.65. The van der Waals surface area contributed by atoms with Crippen LogP contribution in [0.5, 0.6) is 0 Å². The van der Waals surface area contributed by atoms with Gasteiger partial charge in [-0.05, 0) is 18.6 Å². The SMILES string of the molecule is OCn1cccc/c1=N/NCCCBr. The zero-order valence-corrected chi connectivity index (χ0v) is 9.44. The van der Waals surface area contributed by atoms with Crippen LogP contribution in [0, 0.1) is 0 Å². The highest BCUT2D eigenvalue weighted by Crippen LogP contribution is 1.84. The number of nitrogens with zero attached hydrogens (tertiary/aromatic N) is 2. The van der Waals surface area contributed by atoms with Crippen molar-refractivity contribution in [2.24, 2.45) is 5.10 Å². The van der Waals surface area contributed by atoms with Crippen molar-refractivity contribution in [2.45, 2.75) is 13.2 Å². The Morgan fingerprint density at radius 2 is 2.36 bits per heavy atom. The summed E-state index contributed by atoms with van der Waals surface area (Å²) in [5.74, 6) is 0. The standard InChI is InChI=1S/C9H14BrN3O/c10-5-3-6-11-12-9-4-1-2-7-13(9)8-14/h1-2,4,7,11,14H,3,5-6,8H2/b12-9-. The Labute approximate surface area is 91.4 Å². The van der Waals surface area contributed by atoms with Crippen LogP contribution >= 0.6 is 15.9 Å². The van der Waals surface area contributed by atoms with Crippen molar-refractivity contribution in [2.75, 3.05) is 11.9 Å². The highest BCUT2D eigenvalue weighted by Gasteiger charge is 1.88. The van der Waals surface area contributed by atoms with E-state index in [2.05, 4.69) is 26.5 Å². The van der Waals surface area contributed by atoms with E-state index in [1.807, 2.05) is 18.2 Å². The fourth-order valence-electron chi connectivity index (χ4n) is 0.971. The maximum atomic E-state index is 8.99. The Kier molecular flexibility index (Phi) is 5.32. The molecule has 1 aromatic rings. The zero-order valence-electron chi connectivity index (χ0n) is 7.86. The molecule has 0 unspecified atom stereocenters. The van der Waals surface area contributed by atoms with Gasteiger partial charge in [0.2, 0.25) is 0 Å². The molecule has 1 aromatic heterocycles. The summed E-state index contributed by atoms with van der Waals surface area (Å²) in [4.78, 5) is 0. The summed E-state index contributed by atoms with van der Waals surface area (Å²) >= 11 is 3.34. The van der Waals surface area contributed by atoms with Crippen LogP contribution < -0.4 is 10.9 Å². The van der Waals surface area contributed by atoms with Gasteiger partial charge in [-0.25, -0.2) is 0 Å². The van der Waals surface area contributed by atoms with Gasteiger partial charge >= 0.3 is 0 Å². The average molecular weight is 260 g/mol. The number of nitrogens with one attached hydrogen (secondary N) is 1. The molecule has 0 radical (unpaired) electrons. The van der Waals surface area contributed by atoms with Crippen molar-refractivity contribution < 1.29 is 5.11 Å². The summed E-state index contributed by atoms with van der Waals surface area (Å²) in [5, 5.41) is 14.1. The number of hydrogen-bond acceptors (Lipinski definition) is 3. The average Bonchev–Trinajstić information content (AvgIpc) is 2.25. The lowest BCUT2D eigenvalue weighted by molar-refractivity contribution is 0.204. The van der Waals surface area contributed by atoms with Crippen molar-refractivity contribution in [3.05, 3.63) is 29.9 Å². The zero-order chi connectivity index (χ0) is 10.2. The molecule has 1 heterocycles. The number of aromatic nitrogens is 1. The maximum absolute atomic E-state index is 8.99. The Balaban J connectivity index is 2.63. The third-order valence-electron chi connectivity index (χ3n) is 1.68. The van der Waals surface area contributed by atoms with Crippen LogP contribution in [-0.4, -0.2) is 21.5 Å². The fraction of sp³-hybridized carbons (Fsp3) is 0.444. The molecule has 0 saturated heterocycles. The van der Waals surface area contributed by atoms with Crippen molar-refractivity contribution in [1.29, 1.82) is 0 Å². The summed E-state index contributed by atoms with van der Waals surface area (Å²) in [7, 11) is 0. The minimum atomic E-state index is -0.0558. The van der Waals surface area contributed by atoms with Gasteiger partial charge in [-0.1, -0.05) is 22.0 Å². The van der Waals surface area contributed by atoms with E-state index >= 15 is 0 Å². The summed E-state index contributed by atoms with van der Waals surface area (Å²) in [5.41, 5.74) is 3.67. The van der Waals surface area contributed by atoms with Gasteiger partial charge in [0.25, 0.3) is 0 Å². The Morgan fingerprint density at radius 1 is 1.50 bits per heavy atom. The summed E-state index contributed by atoms with van der Waals surface area (Å²) in [6, 6.07) is 5.59. The molecular formula is C9H14BrN3O. The Hall–Kier alpha value is -0.810. The number of halogens is 1. The molecule has 0 spiro atoms. The minimum absolute atomic E-state index is 0.0558. The van der Waals surface area contributed by atoms with E-state index in [1.54, 1.807) is 10.8 Å². The molecule has 0 saturated carbocycles. The Morgan fingerprint density at radius 3 is 3.07 bits per heavy atom. The number of alkyl halides is 1. The molecule has 0 aromatic carbocycles. The van der Waals surface area contributed by atoms with Gasteiger partial charge < -0.3 is 15.1 Å². The maximum Gasteiger partial charge on any atom is 0.154 e. The van der Waals surface area contributed by atoms with Crippen LogP contribution in [0.25, 0.3) is 0 Å². The van der Waals surface area contributed by atoms with Crippen LogP contribution in [0.3, 0.4) is 0 Å². The van der Waals surface area contributed by atoms with Crippen molar-refractivity contribution in [1.82, 2.24) is 9.99 Å². The molecule has 0 fully saturated rings. The first-order valence-corrected chi connectivity index (χ1v) is 5.59. The molecule has 0 amide bonds. The molecule has 0 aliphatic heterocycles. The van der Waals surface area contributed by atoms with E-state index in [0.29, 0.717) is 0 Å². The lowest BCUT2D eigenvalue weighted by Crippen LogP contribution is -2.24. The highest BCUT2D eigenvalue weighted by atomic mass is 79.9. The van der Waals surface area contributed by atoms with E-state index in [-0.39, 0.29) is 6.73 Å². The number of pyridine rings is 1. The molecule has 2 N–H and O–H groups in total. The molecule has 0 atom stereocenters. The number of hydrogen-bond donors (Lipinski definition) is 2. The topological polar surface area (TPSA) is 49.5 Å². The van der Waals surface area contributed by atoms with Crippen molar-refractivity contribution in [3.63, 3.8) is 0 Å². The predicted octanol–water partition coefficient (Wildman–Crippen LogP) is 0.628. The smallest absolute Gasteiger partial charge is 0.154 e. The van der Waals surface area contributed by atoms with Gasteiger partial charge in [-0.2, -0.15) is 5.10 Å². The monoisotopic (exact) mass is 259 g/mol. The summed E-state index contributed by atoms with van der Waals surface area (Å²) in [6.45, 7) is 0.769. The second kappa shape index (κ2) is 6.62. The van der Waals surface area contributed by atoms with Crippen LogP contribution in [0.15, 0.2) is 29.5 Å². The predicted molar refractivity (Wildman–Crippen MR) is 58.6 cm³/mol. The molecule has 4 nitrogen and oxygen atoms in total. The van der Waals surface area contributed by atoms with E-state index < -0.39 is 0 Å².